The normalized spacial score (nSPS) is 20.7. The molecule has 1 amide bonds. The Morgan fingerprint density at radius 1 is 1.19 bits per heavy atom. The first-order valence-electron chi connectivity index (χ1n) is 10.4. The van der Waals surface area contributed by atoms with E-state index in [0.717, 1.165) is 5.56 Å². The number of benzene rings is 2. The van der Waals surface area contributed by atoms with Gasteiger partial charge in [0.2, 0.25) is 5.91 Å². The molecule has 0 radical (unpaired) electrons. The summed E-state index contributed by atoms with van der Waals surface area (Å²) >= 11 is 11.8. The second kappa shape index (κ2) is 9.75. The lowest BCUT2D eigenvalue weighted by Gasteiger charge is -2.50. The zero-order valence-corrected chi connectivity index (χ0v) is 19.6. The maximum atomic E-state index is 12.4. The number of hydrogen-bond donors (Lipinski definition) is 2. The van der Waals surface area contributed by atoms with E-state index in [1.807, 2.05) is 38.1 Å². The van der Waals surface area contributed by atoms with E-state index in [-0.39, 0.29) is 28.7 Å². The summed E-state index contributed by atoms with van der Waals surface area (Å²) in [5, 5.41) is 26.1. The second-order valence-electron chi connectivity index (χ2n) is 8.96. The van der Waals surface area contributed by atoms with Gasteiger partial charge in [0.05, 0.1) is 10.5 Å². The molecule has 3 rings (SSSR count). The molecule has 172 valence electrons. The molecule has 32 heavy (non-hydrogen) atoms. The van der Waals surface area contributed by atoms with Gasteiger partial charge in [-0.3, -0.25) is 14.9 Å². The summed E-state index contributed by atoms with van der Waals surface area (Å²) in [5.74, 6) is -0.310. The molecule has 2 aromatic carbocycles. The summed E-state index contributed by atoms with van der Waals surface area (Å²) in [6.07, 6.45) is 1.30. The number of nitro groups is 1. The molecule has 1 atom stereocenters. The van der Waals surface area contributed by atoms with Crippen LogP contribution < -0.4 is 5.32 Å². The molecule has 1 aliphatic heterocycles. The van der Waals surface area contributed by atoms with Crippen molar-refractivity contribution in [3.05, 3.63) is 68.2 Å². The largest absolute Gasteiger partial charge is 0.389 e. The van der Waals surface area contributed by atoms with Crippen molar-refractivity contribution in [1.82, 2.24) is 4.90 Å². The minimum absolute atomic E-state index is 0.126. The zero-order valence-electron chi connectivity index (χ0n) is 18.1. The molecule has 1 saturated heterocycles. The molecule has 0 aromatic heterocycles. The second-order valence-corrected chi connectivity index (χ2v) is 9.83. The van der Waals surface area contributed by atoms with Crippen LogP contribution in [0.25, 0.3) is 0 Å². The van der Waals surface area contributed by atoms with Gasteiger partial charge in [0.15, 0.2) is 0 Å². The third-order valence-corrected chi connectivity index (χ3v) is 6.70. The highest BCUT2D eigenvalue weighted by molar-refractivity contribution is 6.31. The van der Waals surface area contributed by atoms with E-state index in [0.29, 0.717) is 37.5 Å². The van der Waals surface area contributed by atoms with Gasteiger partial charge in [0, 0.05) is 54.0 Å². The van der Waals surface area contributed by atoms with E-state index in [2.05, 4.69) is 10.2 Å². The van der Waals surface area contributed by atoms with E-state index in [1.165, 1.54) is 18.2 Å². The first-order valence-corrected chi connectivity index (χ1v) is 11.2. The summed E-state index contributed by atoms with van der Waals surface area (Å²) in [7, 11) is 0. The Labute approximate surface area is 197 Å². The van der Waals surface area contributed by atoms with Crippen LogP contribution in [-0.2, 0) is 11.2 Å². The monoisotopic (exact) mass is 479 g/mol. The lowest BCUT2D eigenvalue weighted by atomic mass is 9.67. The molecule has 2 aromatic rings. The van der Waals surface area contributed by atoms with E-state index >= 15 is 0 Å². The van der Waals surface area contributed by atoms with Crippen LogP contribution >= 0.6 is 23.2 Å². The van der Waals surface area contributed by atoms with Gasteiger partial charge < -0.3 is 15.3 Å². The molecule has 1 heterocycles. The predicted octanol–water partition coefficient (Wildman–Crippen LogP) is 4.94. The number of hydrogen-bond acceptors (Lipinski definition) is 5. The molecular weight excluding hydrogens is 453 g/mol. The van der Waals surface area contributed by atoms with E-state index in [1.54, 1.807) is 0 Å². The fourth-order valence-electron chi connectivity index (χ4n) is 4.16. The van der Waals surface area contributed by atoms with Crippen LogP contribution in [0.15, 0.2) is 42.5 Å². The van der Waals surface area contributed by atoms with Crippen LogP contribution in [0.3, 0.4) is 0 Å². The molecule has 7 nitrogen and oxygen atoms in total. The van der Waals surface area contributed by atoms with E-state index < -0.39 is 15.9 Å². The molecule has 0 spiro atoms. The average Bonchev–Trinajstić information content (AvgIpc) is 2.72. The molecule has 9 heteroatoms. The summed E-state index contributed by atoms with van der Waals surface area (Å²) in [4.78, 5) is 25.2. The predicted molar refractivity (Wildman–Crippen MR) is 126 cm³/mol. The summed E-state index contributed by atoms with van der Waals surface area (Å²) in [6.45, 7) is 5.85. The fraction of sp³-hybridized carbons (Fsp3) is 0.435. The number of rotatable bonds is 7. The van der Waals surface area contributed by atoms with Crippen LogP contribution in [-0.4, -0.2) is 46.1 Å². The van der Waals surface area contributed by atoms with Gasteiger partial charge in [-0.15, -0.1) is 0 Å². The molecule has 0 saturated carbocycles. The average molecular weight is 480 g/mol. The van der Waals surface area contributed by atoms with Crippen molar-refractivity contribution in [3.63, 3.8) is 0 Å². The topological polar surface area (TPSA) is 95.7 Å². The van der Waals surface area contributed by atoms with Crippen LogP contribution in [0.4, 0.5) is 11.4 Å². The van der Waals surface area contributed by atoms with E-state index in [4.69, 9.17) is 23.2 Å². The number of likely N-dealkylation sites (tertiary alicyclic amines) is 1. The van der Waals surface area contributed by atoms with Crippen molar-refractivity contribution < 1.29 is 14.8 Å². The van der Waals surface area contributed by atoms with Gasteiger partial charge in [-0.1, -0.05) is 49.2 Å². The molecular formula is C23H27Cl2N3O4. The van der Waals surface area contributed by atoms with Gasteiger partial charge in [-0.2, -0.15) is 0 Å². The number of aliphatic hydroxyl groups is 1. The summed E-state index contributed by atoms with van der Waals surface area (Å²) in [5.41, 5.74) is -0.347. The van der Waals surface area contributed by atoms with E-state index in [9.17, 15) is 20.0 Å². The number of amides is 1. The smallest absolute Gasteiger partial charge is 0.294 e. The number of anilines is 1. The maximum Gasteiger partial charge on any atom is 0.294 e. The Hall–Kier alpha value is -2.19. The maximum absolute atomic E-state index is 12.4. The van der Waals surface area contributed by atoms with Crippen LogP contribution in [0.5, 0.6) is 0 Å². The highest BCUT2D eigenvalue weighted by atomic mass is 35.5. The Balaban J connectivity index is 1.57. The molecule has 0 aliphatic carbocycles. The van der Waals surface area contributed by atoms with Gasteiger partial charge in [-0.25, -0.2) is 0 Å². The number of nitrogens with zero attached hydrogens (tertiary/aromatic N) is 2. The SMILES string of the molecule is CC1(C)CN(CCC(=O)Nc2ccc(Cl)cc2[N+](=O)[O-])CCC1(O)Cc1ccc(Cl)cc1. The van der Waals surface area contributed by atoms with Crippen molar-refractivity contribution in [2.75, 3.05) is 25.0 Å². The minimum atomic E-state index is -0.872. The minimum Gasteiger partial charge on any atom is -0.389 e. The number of nitrogens with one attached hydrogen (secondary N) is 1. The lowest BCUT2D eigenvalue weighted by Crippen LogP contribution is -2.58. The highest BCUT2D eigenvalue weighted by Gasteiger charge is 2.47. The molecule has 1 fully saturated rings. The van der Waals surface area contributed by atoms with Crippen LogP contribution in [0, 0.1) is 15.5 Å². The summed E-state index contributed by atoms with van der Waals surface area (Å²) < 4.78 is 0. The Morgan fingerprint density at radius 2 is 1.84 bits per heavy atom. The quantitative estimate of drug-likeness (QED) is 0.433. The van der Waals surface area contributed by atoms with Crippen LogP contribution in [0.1, 0.15) is 32.3 Å². The van der Waals surface area contributed by atoms with Gasteiger partial charge >= 0.3 is 0 Å². The lowest BCUT2D eigenvalue weighted by molar-refractivity contribution is -0.383. The molecule has 1 unspecified atom stereocenters. The van der Waals surface area contributed by atoms with Gasteiger partial charge in [-0.05, 0) is 36.2 Å². The Morgan fingerprint density at radius 3 is 2.47 bits per heavy atom. The van der Waals surface area contributed by atoms with Crippen LogP contribution in [0.2, 0.25) is 10.0 Å². The number of halogens is 2. The van der Waals surface area contributed by atoms with Crippen molar-refractivity contribution in [1.29, 1.82) is 0 Å². The number of piperidine rings is 1. The number of carbonyl (C=O) groups is 1. The zero-order chi connectivity index (χ0) is 23.5. The first kappa shape index (κ1) is 24.5. The number of nitro benzene ring substituents is 1. The number of carbonyl (C=O) groups excluding carboxylic acids is 1. The standard InChI is InChI=1S/C23H27Cl2N3O4/c1-22(2)15-27(12-10-23(22,30)14-16-3-5-17(24)6-4-16)11-9-21(29)26-19-8-7-18(25)13-20(19)28(31)32/h3-8,13,30H,9-12,14-15H2,1-2H3,(H,26,29). The Kier molecular flexibility index (Phi) is 7.45. The fourth-order valence-corrected chi connectivity index (χ4v) is 4.45. The van der Waals surface area contributed by atoms with Crippen molar-refractivity contribution in [2.45, 2.75) is 38.7 Å². The molecule has 1 aliphatic rings. The molecule has 2 N–H and O–H groups in total. The van der Waals surface area contributed by atoms with Crippen molar-refractivity contribution in [2.24, 2.45) is 5.41 Å². The third kappa shape index (κ3) is 5.78. The van der Waals surface area contributed by atoms with Crippen molar-refractivity contribution >= 4 is 40.5 Å². The van der Waals surface area contributed by atoms with Gasteiger partial charge in [0.25, 0.3) is 5.69 Å². The highest BCUT2D eigenvalue weighted by Crippen LogP contribution is 2.41. The Bertz CT molecular complexity index is 997. The third-order valence-electron chi connectivity index (χ3n) is 6.22. The molecule has 0 bridgehead atoms. The van der Waals surface area contributed by atoms with Crippen molar-refractivity contribution in [3.8, 4) is 0 Å². The van der Waals surface area contributed by atoms with Gasteiger partial charge in [0.1, 0.15) is 5.69 Å². The first-order chi connectivity index (χ1) is 15.0. The summed E-state index contributed by atoms with van der Waals surface area (Å²) in [6, 6.07) is 11.7.